The molecule has 1 atom stereocenters. The van der Waals surface area contributed by atoms with Crippen molar-refractivity contribution in [1.82, 2.24) is 15.5 Å². The van der Waals surface area contributed by atoms with E-state index in [9.17, 15) is 4.39 Å². The van der Waals surface area contributed by atoms with Gasteiger partial charge in [0.15, 0.2) is 5.96 Å². The number of nitrogens with one attached hydrogen (secondary N) is 2. The van der Waals surface area contributed by atoms with Gasteiger partial charge in [-0.1, -0.05) is 18.6 Å². The SMILES string of the molecule is CN=C(NCCCCN1CCCCC1C)NCc1ccc(F)cc1.I. The minimum absolute atomic E-state index is 0. The van der Waals surface area contributed by atoms with Crippen LogP contribution in [0.15, 0.2) is 29.3 Å². The number of rotatable bonds is 7. The van der Waals surface area contributed by atoms with Crippen molar-refractivity contribution in [3.05, 3.63) is 35.6 Å². The van der Waals surface area contributed by atoms with Crippen LogP contribution in [0.2, 0.25) is 0 Å². The molecule has 1 aromatic carbocycles. The second-order valence-electron chi connectivity index (χ2n) is 6.57. The maximum atomic E-state index is 12.9. The van der Waals surface area contributed by atoms with E-state index in [-0.39, 0.29) is 29.8 Å². The van der Waals surface area contributed by atoms with E-state index in [1.165, 1.54) is 50.9 Å². The topological polar surface area (TPSA) is 39.7 Å². The summed E-state index contributed by atoms with van der Waals surface area (Å²) < 4.78 is 12.9. The molecule has 0 radical (unpaired) electrons. The summed E-state index contributed by atoms with van der Waals surface area (Å²) in [5.41, 5.74) is 1.04. The van der Waals surface area contributed by atoms with E-state index in [1.807, 2.05) is 0 Å². The van der Waals surface area contributed by atoms with Crippen LogP contribution in [0.3, 0.4) is 0 Å². The number of guanidine groups is 1. The normalized spacial score (nSPS) is 18.5. The molecule has 1 saturated heterocycles. The number of nitrogens with zero attached hydrogens (tertiary/aromatic N) is 2. The van der Waals surface area contributed by atoms with Gasteiger partial charge in [-0.2, -0.15) is 0 Å². The molecule has 2 rings (SSSR count). The van der Waals surface area contributed by atoms with Gasteiger partial charge in [0, 0.05) is 26.2 Å². The lowest BCUT2D eigenvalue weighted by atomic mass is 10.0. The molecule has 1 aliphatic heterocycles. The van der Waals surface area contributed by atoms with Gasteiger partial charge in [0.2, 0.25) is 0 Å². The maximum absolute atomic E-state index is 12.9. The molecule has 1 aromatic rings. The summed E-state index contributed by atoms with van der Waals surface area (Å²) >= 11 is 0. The quantitative estimate of drug-likeness (QED) is 0.281. The van der Waals surface area contributed by atoms with Crippen molar-refractivity contribution < 1.29 is 4.39 Å². The molecule has 0 spiro atoms. The van der Waals surface area contributed by atoms with E-state index in [4.69, 9.17) is 0 Å². The average Bonchev–Trinajstić information content (AvgIpc) is 2.60. The number of benzene rings is 1. The Bertz CT molecular complexity index is 507. The molecule has 0 aromatic heterocycles. The van der Waals surface area contributed by atoms with Crippen molar-refractivity contribution in [3.8, 4) is 0 Å². The van der Waals surface area contributed by atoms with Gasteiger partial charge in [0.1, 0.15) is 5.82 Å². The largest absolute Gasteiger partial charge is 0.356 e. The Kier molecular flexibility index (Phi) is 11.0. The summed E-state index contributed by atoms with van der Waals surface area (Å²) in [6.45, 7) is 6.37. The van der Waals surface area contributed by atoms with Crippen LogP contribution in [0.5, 0.6) is 0 Å². The Hall–Kier alpha value is -0.890. The van der Waals surface area contributed by atoms with Crippen LogP contribution in [-0.4, -0.2) is 43.6 Å². The van der Waals surface area contributed by atoms with E-state index >= 15 is 0 Å². The second-order valence-corrected chi connectivity index (χ2v) is 6.57. The minimum Gasteiger partial charge on any atom is -0.356 e. The molecule has 0 aliphatic carbocycles. The third kappa shape index (κ3) is 8.35. The molecule has 0 saturated carbocycles. The summed E-state index contributed by atoms with van der Waals surface area (Å²) in [6.07, 6.45) is 6.43. The number of halogens is 2. The molecule has 0 amide bonds. The fourth-order valence-corrected chi connectivity index (χ4v) is 3.15. The zero-order valence-electron chi connectivity index (χ0n) is 15.4. The van der Waals surface area contributed by atoms with Crippen LogP contribution in [-0.2, 0) is 6.54 Å². The summed E-state index contributed by atoms with van der Waals surface area (Å²) in [7, 11) is 1.77. The number of likely N-dealkylation sites (tertiary alicyclic amines) is 1. The van der Waals surface area contributed by atoms with Gasteiger partial charge in [-0.15, -0.1) is 24.0 Å². The zero-order valence-corrected chi connectivity index (χ0v) is 17.8. The third-order valence-corrected chi connectivity index (χ3v) is 4.70. The van der Waals surface area contributed by atoms with Gasteiger partial charge >= 0.3 is 0 Å². The Labute approximate surface area is 168 Å². The molecular formula is C19H32FIN4. The first-order chi connectivity index (χ1) is 11.7. The van der Waals surface area contributed by atoms with Crippen LogP contribution in [0.1, 0.15) is 44.6 Å². The van der Waals surface area contributed by atoms with E-state index in [1.54, 1.807) is 19.2 Å². The molecule has 4 nitrogen and oxygen atoms in total. The van der Waals surface area contributed by atoms with Crippen molar-refractivity contribution in [3.63, 3.8) is 0 Å². The van der Waals surface area contributed by atoms with Gasteiger partial charge < -0.3 is 15.5 Å². The van der Waals surface area contributed by atoms with Crippen LogP contribution in [0.4, 0.5) is 4.39 Å². The molecule has 2 N–H and O–H groups in total. The van der Waals surface area contributed by atoms with Crippen molar-refractivity contribution >= 4 is 29.9 Å². The first-order valence-electron chi connectivity index (χ1n) is 9.12. The molecular weight excluding hydrogens is 430 g/mol. The first kappa shape index (κ1) is 22.2. The highest BCUT2D eigenvalue weighted by Crippen LogP contribution is 2.16. The second kappa shape index (κ2) is 12.5. The lowest BCUT2D eigenvalue weighted by Crippen LogP contribution is -2.39. The summed E-state index contributed by atoms with van der Waals surface area (Å²) in [5, 5.41) is 6.60. The molecule has 25 heavy (non-hydrogen) atoms. The molecule has 1 unspecified atom stereocenters. The summed E-state index contributed by atoms with van der Waals surface area (Å²) in [6, 6.07) is 7.28. The molecule has 1 heterocycles. The number of aliphatic imine (C=N–C) groups is 1. The smallest absolute Gasteiger partial charge is 0.191 e. The highest BCUT2D eigenvalue weighted by molar-refractivity contribution is 14.0. The highest BCUT2D eigenvalue weighted by atomic mass is 127. The molecule has 6 heteroatoms. The van der Waals surface area contributed by atoms with Crippen LogP contribution in [0, 0.1) is 5.82 Å². The Morgan fingerprint density at radius 1 is 1.20 bits per heavy atom. The minimum atomic E-state index is -0.204. The molecule has 142 valence electrons. The van der Waals surface area contributed by atoms with Gasteiger partial charge in [0.25, 0.3) is 0 Å². The summed E-state index contributed by atoms with van der Waals surface area (Å²) in [5.74, 6) is 0.593. The fraction of sp³-hybridized carbons (Fsp3) is 0.632. The Balaban J connectivity index is 0.00000312. The third-order valence-electron chi connectivity index (χ3n) is 4.70. The predicted octanol–water partition coefficient (Wildman–Crippen LogP) is 3.76. The number of hydrogen-bond acceptors (Lipinski definition) is 2. The predicted molar refractivity (Wildman–Crippen MR) is 114 cm³/mol. The Morgan fingerprint density at radius 2 is 1.96 bits per heavy atom. The fourth-order valence-electron chi connectivity index (χ4n) is 3.15. The highest BCUT2D eigenvalue weighted by Gasteiger charge is 2.16. The van der Waals surface area contributed by atoms with Crippen LogP contribution >= 0.6 is 24.0 Å². The maximum Gasteiger partial charge on any atom is 0.191 e. The lowest BCUT2D eigenvalue weighted by molar-refractivity contribution is 0.158. The molecule has 0 bridgehead atoms. The van der Waals surface area contributed by atoms with Gasteiger partial charge in [0.05, 0.1) is 0 Å². The molecule has 1 fully saturated rings. The van der Waals surface area contributed by atoms with Crippen molar-refractivity contribution in [2.75, 3.05) is 26.7 Å². The van der Waals surface area contributed by atoms with E-state index in [2.05, 4.69) is 27.4 Å². The van der Waals surface area contributed by atoms with Crippen molar-refractivity contribution in [2.24, 2.45) is 4.99 Å². The Morgan fingerprint density at radius 3 is 2.64 bits per heavy atom. The monoisotopic (exact) mass is 462 g/mol. The van der Waals surface area contributed by atoms with Gasteiger partial charge in [-0.05, 0) is 63.4 Å². The average molecular weight is 462 g/mol. The lowest BCUT2D eigenvalue weighted by Gasteiger charge is -2.33. The van der Waals surface area contributed by atoms with Crippen LogP contribution in [0.25, 0.3) is 0 Å². The van der Waals surface area contributed by atoms with E-state index in [0.29, 0.717) is 6.54 Å². The van der Waals surface area contributed by atoms with Gasteiger partial charge in [-0.3, -0.25) is 4.99 Å². The number of piperidine rings is 1. The number of hydrogen-bond donors (Lipinski definition) is 2. The van der Waals surface area contributed by atoms with Crippen LogP contribution < -0.4 is 10.6 Å². The van der Waals surface area contributed by atoms with E-state index in [0.717, 1.165) is 30.5 Å². The zero-order chi connectivity index (χ0) is 17.2. The van der Waals surface area contributed by atoms with Crippen molar-refractivity contribution in [2.45, 2.75) is 51.6 Å². The van der Waals surface area contributed by atoms with Gasteiger partial charge in [-0.25, -0.2) is 4.39 Å². The first-order valence-corrected chi connectivity index (χ1v) is 9.12. The summed E-state index contributed by atoms with van der Waals surface area (Å²) in [4.78, 5) is 6.85. The number of unbranched alkanes of at least 4 members (excludes halogenated alkanes) is 1. The van der Waals surface area contributed by atoms with Crippen molar-refractivity contribution in [1.29, 1.82) is 0 Å². The van der Waals surface area contributed by atoms with E-state index < -0.39 is 0 Å². The molecule has 1 aliphatic rings. The standard InChI is InChI=1S/C19H31FN4.HI/c1-16-7-3-5-13-24(16)14-6-4-12-22-19(21-2)23-15-17-8-10-18(20)11-9-17;/h8-11,16H,3-7,12-15H2,1-2H3,(H2,21,22,23);1H.